The van der Waals surface area contributed by atoms with E-state index in [0.717, 1.165) is 6.42 Å². The average molecular weight is 320 g/mol. The molecule has 3 atom stereocenters. The van der Waals surface area contributed by atoms with Crippen LogP contribution in [0.5, 0.6) is 0 Å². The Hall–Kier alpha value is -1.73. The molecule has 2 aromatic heterocycles. The molecule has 3 rings (SSSR count). The van der Waals surface area contributed by atoms with E-state index in [2.05, 4.69) is 14.8 Å². The number of hydrogen-bond donors (Lipinski definition) is 1. The van der Waals surface area contributed by atoms with Gasteiger partial charge in [-0.2, -0.15) is 5.10 Å². The van der Waals surface area contributed by atoms with E-state index in [1.54, 1.807) is 18.5 Å². The molecule has 2 heterocycles. The summed E-state index contributed by atoms with van der Waals surface area (Å²) in [5.74, 6) is -0.0844. The van der Waals surface area contributed by atoms with Crippen LogP contribution < -0.4 is 5.32 Å². The van der Waals surface area contributed by atoms with Gasteiger partial charge in [0.2, 0.25) is 0 Å². The van der Waals surface area contributed by atoms with Crippen LogP contribution >= 0.6 is 11.5 Å². The molecule has 0 radical (unpaired) electrons. The summed E-state index contributed by atoms with van der Waals surface area (Å²) < 4.78 is 11.9. The Kier molecular flexibility index (Phi) is 4.01. The Morgan fingerprint density at radius 3 is 2.86 bits per heavy atom. The van der Waals surface area contributed by atoms with Gasteiger partial charge in [0.05, 0.1) is 23.8 Å². The van der Waals surface area contributed by atoms with Crippen LogP contribution in [0.3, 0.4) is 0 Å². The number of nitrogens with one attached hydrogen (secondary N) is 1. The first-order valence-corrected chi connectivity index (χ1v) is 8.10. The van der Waals surface area contributed by atoms with Gasteiger partial charge in [-0.05, 0) is 50.9 Å². The predicted octanol–water partition coefficient (Wildman–Crippen LogP) is 2.27. The number of nitrogens with zero attached hydrogens (tertiary/aromatic N) is 3. The van der Waals surface area contributed by atoms with Gasteiger partial charge in [-0.25, -0.2) is 4.37 Å². The Bertz CT molecular complexity index is 619. The fraction of sp³-hybridized carbons (Fsp3) is 0.533. The van der Waals surface area contributed by atoms with E-state index in [4.69, 9.17) is 4.74 Å². The van der Waals surface area contributed by atoms with Gasteiger partial charge in [0.25, 0.3) is 5.91 Å². The molecule has 0 bridgehead atoms. The van der Waals surface area contributed by atoms with Crippen LogP contribution in [-0.2, 0) is 4.74 Å². The second kappa shape index (κ2) is 5.81. The second-order valence-corrected chi connectivity index (χ2v) is 7.27. The summed E-state index contributed by atoms with van der Waals surface area (Å²) in [5.41, 5.74) is -0.220. The lowest BCUT2D eigenvalue weighted by atomic mass is 9.82. The zero-order chi connectivity index (χ0) is 15.7. The summed E-state index contributed by atoms with van der Waals surface area (Å²) in [7, 11) is 0. The molecule has 22 heavy (non-hydrogen) atoms. The molecule has 7 heteroatoms. The van der Waals surface area contributed by atoms with E-state index in [1.165, 1.54) is 11.5 Å². The average Bonchev–Trinajstić information content (AvgIpc) is 3.08. The zero-order valence-electron chi connectivity index (χ0n) is 12.9. The molecule has 0 spiro atoms. The first kappa shape index (κ1) is 15.2. The lowest BCUT2D eigenvalue weighted by molar-refractivity contribution is -0.132. The molecule has 1 saturated carbocycles. The van der Waals surface area contributed by atoms with E-state index in [9.17, 15) is 4.79 Å². The Morgan fingerprint density at radius 1 is 1.45 bits per heavy atom. The molecule has 0 aromatic carbocycles. The molecule has 2 aromatic rings. The van der Waals surface area contributed by atoms with Crippen molar-refractivity contribution in [2.75, 3.05) is 0 Å². The lowest BCUT2D eigenvalue weighted by Crippen LogP contribution is -2.58. The molecule has 1 aliphatic carbocycles. The van der Waals surface area contributed by atoms with E-state index < -0.39 is 0 Å². The quantitative estimate of drug-likeness (QED) is 0.938. The van der Waals surface area contributed by atoms with Crippen molar-refractivity contribution in [3.63, 3.8) is 0 Å². The molecule has 1 amide bonds. The highest BCUT2D eigenvalue weighted by molar-refractivity contribution is 7.08. The van der Waals surface area contributed by atoms with Gasteiger partial charge in [-0.15, -0.1) is 0 Å². The number of aromatic nitrogens is 3. The normalized spacial score (nSPS) is 24.8. The van der Waals surface area contributed by atoms with E-state index in [0.29, 0.717) is 4.88 Å². The minimum atomic E-state index is -0.220. The van der Waals surface area contributed by atoms with Crippen LogP contribution in [0.1, 0.15) is 42.9 Å². The third kappa shape index (κ3) is 3.20. The maximum Gasteiger partial charge on any atom is 0.263 e. The lowest BCUT2D eigenvalue weighted by Gasteiger charge is -2.46. The van der Waals surface area contributed by atoms with E-state index in [-0.39, 0.29) is 29.7 Å². The van der Waals surface area contributed by atoms with Gasteiger partial charge < -0.3 is 10.1 Å². The highest BCUT2D eigenvalue weighted by Crippen LogP contribution is 2.37. The summed E-state index contributed by atoms with van der Waals surface area (Å²) in [4.78, 5) is 12.8. The molecule has 1 aliphatic rings. The Morgan fingerprint density at radius 2 is 2.27 bits per heavy atom. The molecular weight excluding hydrogens is 300 g/mol. The van der Waals surface area contributed by atoms with Gasteiger partial charge in [0.15, 0.2) is 0 Å². The Balaban J connectivity index is 1.71. The molecule has 0 aliphatic heterocycles. The number of rotatable bonds is 4. The van der Waals surface area contributed by atoms with Gasteiger partial charge in [0, 0.05) is 18.6 Å². The Labute approximate surface area is 133 Å². The van der Waals surface area contributed by atoms with E-state index in [1.807, 2.05) is 37.7 Å². The molecule has 118 valence electrons. The SMILES string of the molecule is CC(C)(C)OC1CC(NC(=O)c2ccns2)C1n1cccn1. The van der Waals surface area contributed by atoms with Crippen LogP contribution in [0.2, 0.25) is 0 Å². The number of amides is 1. The predicted molar refractivity (Wildman–Crippen MR) is 83.9 cm³/mol. The fourth-order valence-electron chi connectivity index (χ4n) is 2.69. The van der Waals surface area contributed by atoms with Crippen molar-refractivity contribution in [1.82, 2.24) is 19.5 Å². The molecule has 3 unspecified atom stereocenters. The topological polar surface area (TPSA) is 69.0 Å². The largest absolute Gasteiger partial charge is 0.370 e. The second-order valence-electron chi connectivity index (χ2n) is 6.44. The summed E-state index contributed by atoms with van der Waals surface area (Å²) in [6, 6.07) is 3.65. The van der Waals surface area contributed by atoms with Crippen molar-refractivity contribution < 1.29 is 9.53 Å². The molecule has 1 fully saturated rings. The van der Waals surface area contributed by atoms with Crippen molar-refractivity contribution in [1.29, 1.82) is 0 Å². The first-order chi connectivity index (χ1) is 10.4. The third-order valence-corrected chi connectivity index (χ3v) is 4.34. The van der Waals surface area contributed by atoms with Gasteiger partial charge in [-0.3, -0.25) is 9.48 Å². The van der Waals surface area contributed by atoms with Crippen LogP contribution in [-0.4, -0.2) is 37.8 Å². The van der Waals surface area contributed by atoms with Crippen molar-refractivity contribution in [2.45, 2.75) is 51.0 Å². The summed E-state index contributed by atoms with van der Waals surface area (Å²) in [5, 5.41) is 7.38. The molecule has 0 saturated heterocycles. The minimum absolute atomic E-state index is 0.0156. The van der Waals surface area contributed by atoms with Crippen molar-refractivity contribution in [3.05, 3.63) is 35.6 Å². The maximum absolute atomic E-state index is 12.2. The summed E-state index contributed by atoms with van der Waals surface area (Å²) >= 11 is 1.20. The van der Waals surface area contributed by atoms with Crippen molar-refractivity contribution in [3.8, 4) is 0 Å². The van der Waals surface area contributed by atoms with Crippen LogP contribution in [0, 0.1) is 0 Å². The van der Waals surface area contributed by atoms with Gasteiger partial charge in [-0.1, -0.05) is 0 Å². The van der Waals surface area contributed by atoms with Gasteiger partial charge >= 0.3 is 0 Å². The third-order valence-electron chi connectivity index (χ3n) is 3.59. The minimum Gasteiger partial charge on any atom is -0.370 e. The monoisotopic (exact) mass is 320 g/mol. The summed E-state index contributed by atoms with van der Waals surface area (Å²) in [6.07, 6.45) is 6.12. The molecule has 1 N–H and O–H groups in total. The van der Waals surface area contributed by atoms with Crippen LogP contribution in [0.4, 0.5) is 0 Å². The maximum atomic E-state index is 12.2. The highest BCUT2D eigenvalue weighted by atomic mass is 32.1. The first-order valence-electron chi connectivity index (χ1n) is 7.32. The zero-order valence-corrected chi connectivity index (χ0v) is 13.7. The molecular formula is C15H20N4O2S. The summed E-state index contributed by atoms with van der Waals surface area (Å²) in [6.45, 7) is 6.11. The number of ether oxygens (including phenoxy) is 1. The van der Waals surface area contributed by atoms with Crippen LogP contribution in [0.15, 0.2) is 30.7 Å². The smallest absolute Gasteiger partial charge is 0.263 e. The number of carbonyl (C=O) groups excluding carboxylic acids is 1. The standard InChI is InChI=1S/C15H20N4O2S/c1-15(2,3)21-11-9-10(13(11)19-8-4-6-16-19)18-14(20)12-5-7-17-22-12/h4-8,10-11,13H,9H2,1-3H3,(H,18,20). The van der Waals surface area contributed by atoms with Crippen molar-refractivity contribution >= 4 is 17.4 Å². The fourth-order valence-corrected chi connectivity index (χ4v) is 3.19. The number of carbonyl (C=O) groups is 1. The van der Waals surface area contributed by atoms with Crippen molar-refractivity contribution in [2.24, 2.45) is 0 Å². The van der Waals surface area contributed by atoms with Gasteiger partial charge in [0.1, 0.15) is 4.88 Å². The highest BCUT2D eigenvalue weighted by Gasteiger charge is 2.46. The van der Waals surface area contributed by atoms with E-state index >= 15 is 0 Å². The van der Waals surface area contributed by atoms with Crippen LogP contribution in [0.25, 0.3) is 0 Å². The molecule has 6 nitrogen and oxygen atoms in total. The number of hydrogen-bond acceptors (Lipinski definition) is 5.